The van der Waals surface area contributed by atoms with E-state index in [1.807, 2.05) is 18.2 Å². The standard InChI is InChI=1S/C16H16BrF2NO/c1-20-15(8-10-4-3-5-14(18)16(10)19)12-7-6-11(21-2)9-13(12)17/h3-7,9,15,20H,8H2,1-2H3. The quantitative estimate of drug-likeness (QED) is 0.865. The van der Waals surface area contributed by atoms with E-state index in [0.29, 0.717) is 12.0 Å². The van der Waals surface area contributed by atoms with E-state index < -0.39 is 11.6 Å². The van der Waals surface area contributed by atoms with Gasteiger partial charge in [-0.3, -0.25) is 0 Å². The Kier molecular flexibility index (Phi) is 5.31. The minimum absolute atomic E-state index is 0.137. The van der Waals surface area contributed by atoms with Crippen LogP contribution in [0.15, 0.2) is 40.9 Å². The van der Waals surface area contributed by atoms with Crippen LogP contribution in [-0.2, 0) is 6.42 Å². The minimum atomic E-state index is -0.823. The lowest BCUT2D eigenvalue weighted by molar-refractivity contribution is 0.414. The van der Waals surface area contributed by atoms with Crippen molar-refractivity contribution in [3.05, 3.63) is 63.6 Å². The van der Waals surface area contributed by atoms with Gasteiger partial charge in [0.2, 0.25) is 0 Å². The summed E-state index contributed by atoms with van der Waals surface area (Å²) in [7, 11) is 3.39. The van der Waals surface area contributed by atoms with Crippen LogP contribution in [0.5, 0.6) is 5.75 Å². The molecule has 0 bridgehead atoms. The van der Waals surface area contributed by atoms with Gasteiger partial charge in [-0.15, -0.1) is 0 Å². The third-order valence-electron chi connectivity index (χ3n) is 3.39. The lowest BCUT2D eigenvalue weighted by Gasteiger charge is -2.19. The first-order chi connectivity index (χ1) is 10.1. The van der Waals surface area contributed by atoms with E-state index in [4.69, 9.17) is 4.74 Å². The molecule has 0 saturated carbocycles. The zero-order valence-corrected chi connectivity index (χ0v) is 13.4. The van der Waals surface area contributed by atoms with Crippen molar-refractivity contribution in [3.8, 4) is 5.75 Å². The molecule has 0 fully saturated rings. The highest BCUT2D eigenvalue weighted by atomic mass is 79.9. The first kappa shape index (κ1) is 15.9. The predicted octanol–water partition coefficient (Wildman–Crippen LogP) is 4.24. The number of hydrogen-bond acceptors (Lipinski definition) is 2. The number of rotatable bonds is 5. The number of methoxy groups -OCH3 is 1. The number of hydrogen-bond donors (Lipinski definition) is 1. The molecule has 112 valence electrons. The first-order valence-corrected chi connectivity index (χ1v) is 7.29. The highest BCUT2D eigenvalue weighted by Crippen LogP contribution is 2.30. The van der Waals surface area contributed by atoms with E-state index in [0.717, 1.165) is 21.9 Å². The van der Waals surface area contributed by atoms with E-state index in [2.05, 4.69) is 21.2 Å². The number of benzene rings is 2. The van der Waals surface area contributed by atoms with Gasteiger partial charge >= 0.3 is 0 Å². The topological polar surface area (TPSA) is 21.3 Å². The fourth-order valence-electron chi connectivity index (χ4n) is 2.21. The lowest BCUT2D eigenvalue weighted by atomic mass is 9.98. The third-order valence-corrected chi connectivity index (χ3v) is 4.07. The molecule has 0 spiro atoms. The average molecular weight is 356 g/mol. The molecule has 1 N–H and O–H groups in total. The summed E-state index contributed by atoms with van der Waals surface area (Å²) < 4.78 is 33.1. The first-order valence-electron chi connectivity index (χ1n) is 6.50. The van der Waals surface area contributed by atoms with Crippen LogP contribution in [0.3, 0.4) is 0 Å². The molecular weight excluding hydrogens is 340 g/mol. The Morgan fingerprint density at radius 2 is 2.00 bits per heavy atom. The summed E-state index contributed by atoms with van der Waals surface area (Å²) in [5.74, 6) is -0.879. The van der Waals surface area contributed by atoms with Crippen molar-refractivity contribution in [1.29, 1.82) is 0 Å². The maximum Gasteiger partial charge on any atom is 0.162 e. The molecule has 21 heavy (non-hydrogen) atoms. The highest BCUT2D eigenvalue weighted by Gasteiger charge is 2.17. The molecule has 0 aliphatic carbocycles. The Morgan fingerprint density at radius 3 is 2.62 bits per heavy atom. The van der Waals surface area contributed by atoms with Crippen molar-refractivity contribution in [1.82, 2.24) is 5.32 Å². The van der Waals surface area contributed by atoms with Crippen LogP contribution in [0.25, 0.3) is 0 Å². The molecule has 0 aromatic heterocycles. The summed E-state index contributed by atoms with van der Waals surface area (Å²) >= 11 is 3.49. The SMILES string of the molecule is CNC(Cc1cccc(F)c1F)c1ccc(OC)cc1Br. The molecule has 1 atom stereocenters. The Labute approximate surface area is 131 Å². The monoisotopic (exact) mass is 355 g/mol. The summed E-state index contributed by atoms with van der Waals surface area (Å²) in [5, 5.41) is 3.13. The van der Waals surface area contributed by atoms with Crippen molar-refractivity contribution in [2.24, 2.45) is 0 Å². The van der Waals surface area contributed by atoms with Crippen LogP contribution in [0.2, 0.25) is 0 Å². The highest BCUT2D eigenvalue weighted by molar-refractivity contribution is 9.10. The number of ether oxygens (including phenoxy) is 1. The molecule has 5 heteroatoms. The molecule has 0 saturated heterocycles. The summed E-state index contributed by atoms with van der Waals surface area (Å²) in [5.41, 5.74) is 1.30. The van der Waals surface area contributed by atoms with Crippen molar-refractivity contribution in [3.63, 3.8) is 0 Å². The van der Waals surface area contributed by atoms with Gasteiger partial charge in [0.15, 0.2) is 11.6 Å². The maximum atomic E-state index is 13.8. The van der Waals surface area contributed by atoms with E-state index in [1.165, 1.54) is 6.07 Å². The molecule has 0 aliphatic rings. The van der Waals surface area contributed by atoms with Gasteiger partial charge in [0.05, 0.1) is 7.11 Å². The van der Waals surface area contributed by atoms with E-state index in [1.54, 1.807) is 20.2 Å². The van der Waals surface area contributed by atoms with Crippen molar-refractivity contribution >= 4 is 15.9 Å². The molecule has 0 amide bonds. The third kappa shape index (κ3) is 3.60. The van der Waals surface area contributed by atoms with Crippen LogP contribution in [0.4, 0.5) is 8.78 Å². The van der Waals surface area contributed by atoms with Gasteiger partial charge in [0.1, 0.15) is 5.75 Å². The van der Waals surface area contributed by atoms with Gasteiger partial charge in [-0.2, -0.15) is 0 Å². The summed E-state index contributed by atoms with van der Waals surface area (Å²) in [6.45, 7) is 0. The smallest absolute Gasteiger partial charge is 0.162 e. The Hall–Kier alpha value is -1.46. The number of halogens is 3. The largest absolute Gasteiger partial charge is 0.497 e. The normalized spacial score (nSPS) is 12.2. The van der Waals surface area contributed by atoms with Crippen LogP contribution in [0, 0.1) is 11.6 Å². The molecule has 0 heterocycles. The summed E-state index contributed by atoms with van der Waals surface area (Å²) in [4.78, 5) is 0. The van der Waals surface area contributed by atoms with Gasteiger partial charge in [0.25, 0.3) is 0 Å². The molecule has 2 nitrogen and oxygen atoms in total. The van der Waals surface area contributed by atoms with Crippen molar-refractivity contribution in [2.75, 3.05) is 14.2 Å². The minimum Gasteiger partial charge on any atom is -0.497 e. The predicted molar refractivity (Wildman–Crippen MR) is 82.6 cm³/mol. The molecule has 1 unspecified atom stereocenters. The van der Waals surface area contributed by atoms with Crippen LogP contribution in [-0.4, -0.2) is 14.2 Å². The fourth-order valence-corrected chi connectivity index (χ4v) is 2.85. The van der Waals surface area contributed by atoms with Crippen molar-refractivity contribution in [2.45, 2.75) is 12.5 Å². The molecular formula is C16H16BrF2NO. The Bertz CT molecular complexity index is 634. The maximum absolute atomic E-state index is 13.8. The summed E-state index contributed by atoms with van der Waals surface area (Å²) in [6, 6.07) is 9.69. The second kappa shape index (κ2) is 7.00. The molecule has 0 aliphatic heterocycles. The lowest BCUT2D eigenvalue weighted by Crippen LogP contribution is -2.20. The molecule has 2 aromatic rings. The van der Waals surface area contributed by atoms with Gasteiger partial charge in [-0.05, 0) is 42.8 Å². The second-order valence-corrected chi connectivity index (χ2v) is 5.50. The number of likely N-dealkylation sites (N-methyl/N-ethyl adjacent to an activating group) is 1. The average Bonchev–Trinajstić information content (AvgIpc) is 2.49. The van der Waals surface area contributed by atoms with Gasteiger partial charge in [-0.1, -0.05) is 34.1 Å². The zero-order valence-electron chi connectivity index (χ0n) is 11.8. The fraction of sp³-hybridized carbons (Fsp3) is 0.250. The Balaban J connectivity index is 2.30. The summed E-state index contributed by atoms with van der Waals surface area (Å²) in [6.07, 6.45) is 0.352. The van der Waals surface area contributed by atoms with E-state index in [-0.39, 0.29) is 6.04 Å². The molecule has 2 rings (SSSR count). The van der Waals surface area contributed by atoms with Gasteiger partial charge in [0, 0.05) is 10.5 Å². The molecule has 2 aromatic carbocycles. The Morgan fingerprint density at radius 1 is 1.24 bits per heavy atom. The van der Waals surface area contributed by atoms with Gasteiger partial charge < -0.3 is 10.1 Å². The van der Waals surface area contributed by atoms with Gasteiger partial charge in [-0.25, -0.2) is 8.78 Å². The van der Waals surface area contributed by atoms with E-state index >= 15 is 0 Å². The second-order valence-electron chi connectivity index (χ2n) is 4.65. The van der Waals surface area contributed by atoms with Crippen LogP contribution >= 0.6 is 15.9 Å². The van der Waals surface area contributed by atoms with Crippen molar-refractivity contribution < 1.29 is 13.5 Å². The molecule has 0 radical (unpaired) electrons. The van der Waals surface area contributed by atoms with Crippen LogP contribution in [0.1, 0.15) is 17.2 Å². The number of nitrogens with one attached hydrogen (secondary N) is 1. The van der Waals surface area contributed by atoms with Crippen LogP contribution < -0.4 is 10.1 Å². The zero-order chi connectivity index (χ0) is 15.4. The van der Waals surface area contributed by atoms with E-state index in [9.17, 15) is 8.78 Å².